The quantitative estimate of drug-likeness (QED) is 0.812. The summed E-state index contributed by atoms with van der Waals surface area (Å²) in [5.74, 6) is 1.04. The Bertz CT molecular complexity index is 340. The van der Waals surface area contributed by atoms with Gasteiger partial charge in [-0.15, -0.1) is 0 Å². The van der Waals surface area contributed by atoms with Gasteiger partial charge in [-0.05, 0) is 42.9 Å². The van der Waals surface area contributed by atoms with Gasteiger partial charge in [0.1, 0.15) is 0 Å². The van der Waals surface area contributed by atoms with Crippen molar-refractivity contribution in [1.82, 2.24) is 4.90 Å². The van der Waals surface area contributed by atoms with Crippen molar-refractivity contribution in [2.45, 2.75) is 25.3 Å². The normalized spacial score (nSPS) is 29.1. The molecule has 0 radical (unpaired) electrons. The molecule has 0 atom stereocenters. The zero-order chi connectivity index (χ0) is 10.3. The van der Waals surface area contributed by atoms with Gasteiger partial charge in [-0.3, -0.25) is 4.90 Å². The molecule has 80 valence electrons. The molecule has 0 spiro atoms. The Labute approximate surface area is 99.6 Å². The summed E-state index contributed by atoms with van der Waals surface area (Å²) in [6, 6.07) is 9.67. The van der Waals surface area contributed by atoms with E-state index in [1.54, 1.807) is 0 Å². The Morgan fingerprint density at radius 3 is 2.53 bits per heavy atom. The Hall–Kier alpha value is -0.340. The molecule has 4 rings (SSSR count). The molecule has 2 aliphatic heterocycles. The third-order valence-electron chi connectivity index (χ3n) is 3.82. The van der Waals surface area contributed by atoms with Gasteiger partial charge in [-0.2, -0.15) is 0 Å². The predicted octanol–water partition coefficient (Wildman–Crippen LogP) is 3.09. The SMILES string of the molecule is Brc1ccc(CCN2CC3CC2C3)cc1. The molecule has 1 aromatic carbocycles. The van der Waals surface area contributed by atoms with Gasteiger partial charge in [-0.1, -0.05) is 28.1 Å². The van der Waals surface area contributed by atoms with E-state index >= 15 is 0 Å². The minimum absolute atomic E-state index is 0.936. The van der Waals surface area contributed by atoms with Crippen LogP contribution in [0.3, 0.4) is 0 Å². The highest BCUT2D eigenvalue weighted by molar-refractivity contribution is 9.10. The van der Waals surface area contributed by atoms with Crippen LogP contribution in [-0.2, 0) is 6.42 Å². The Morgan fingerprint density at radius 2 is 1.93 bits per heavy atom. The lowest BCUT2D eigenvalue weighted by Gasteiger charge is -2.25. The maximum Gasteiger partial charge on any atom is 0.0175 e. The number of fused-ring (bicyclic) bond motifs is 1. The molecule has 2 heteroatoms. The first-order valence-corrected chi connectivity index (χ1v) is 6.59. The summed E-state index contributed by atoms with van der Waals surface area (Å²) in [5.41, 5.74) is 1.46. The molecule has 2 bridgehead atoms. The zero-order valence-electron chi connectivity index (χ0n) is 8.82. The van der Waals surface area contributed by atoms with Crippen LogP contribution in [0.5, 0.6) is 0 Å². The van der Waals surface area contributed by atoms with Gasteiger partial charge in [-0.25, -0.2) is 0 Å². The highest BCUT2D eigenvalue weighted by atomic mass is 79.9. The summed E-state index contributed by atoms with van der Waals surface area (Å²) in [6.07, 6.45) is 4.15. The van der Waals surface area contributed by atoms with Crippen LogP contribution >= 0.6 is 15.9 Å². The van der Waals surface area contributed by atoms with Gasteiger partial charge in [0.2, 0.25) is 0 Å². The van der Waals surface area contributed by atoms with Gasteiger partial charge in [0, 0.05) is 23.6 Å². The maximum atomic E-state index is 3.47. The molecule has 2 saturated heterocycles. The van der Waals surface area contributed by atoms with E-state index in [0.717, 1.165) is 12.0 Å². The number of rotatable bonds is 3. The summed E-state index contributed by atoms with van der Waals surface area (Å²) < 4.78 is 1.18. The van der Waals surface area contributed by atoms with Gasteiger partial charge < -0.3 is 0 Å². The van der Waals surface area contributed by atoms with Gasteiger partial charge >= 0.3 is 0 Å². The molecule has 0 N–H and O–H groups in total. The lowest BCUT2D eigenvalue weighted by Crippen LogP contribution is -2.30. The monoisotopic (exact) mass is 265 g/mol. The van der Waals surface area contributed by atoms with Gasteiger partial charge in [0.25, 0.3) is 0 Å². The second-order valence-corrected chi connectivity index (χ2v) is 5.78. The van der Waals surface area contributed by atoms with E-state index < -0.39 is 0 Å². The summed E-state index contributed by atoms with van der Waals surface area (Å²) in [7, 11) is 0. The van der Waals surface area contributed by atoms with Crippen molar-refractivity contribution in [3.63, 3.8) is 0 Å². The molecule has 0 amide bonds. The number of nitrogens with zero attached hydrogens (tertiary/aromatic N) is 1. The van der Waals surface area contributed by atoms with E-state index in [2.05, 4.69) is 45.1 Å². The van der Waals surface area contributed by atoms with Crippen LogP contribution in [0.1, 0.15) is 18.4 Å². The van der Waals surface area contributed by atoms with Crippen molar-refractivity contribution in [1.29, 1.82) is 0 Å². The van der Waals surface area contributed by atoms with E-state index in [0.29, 0.717) is 0 Å². The predicted molar refractivity (Wildman–Crippen MR) is 65.9 cm³/mol. The second kappa shape index (κ2) is 3.91. The Morgan fingerprint density at radius 1 is 1.20 bits per heavy atom. The minimum Gasteiger partial charge on any atom is -0.300 e. The molecular weight excluding hydrogens is 250 g/mol. The molecular formula is C13H16BrN. The van der Waals surface area contributed by atoms with E-state index in [-0.39, 0.29) is 0 Å². The Kier molecular flexibility index (Phi) is 2.57. The van der Waals surface area contributed by atoms with Crippen LogP contribution in [0.25, 0.3) is 0 Å². The maximum absolute atomic E-state index is 3.47. The summed E-state index contributed by atoms with van der Waals surface area (Å²) in [4.78, 5) is 2.67. The van der Waals surface area contributed by atoms with Crippen molar-refractivity contribution in [3.05, 3.63) is 34.3 Å². The minimum atomic E-state index is 0.936. The first kappa shape index (κ1) is 9.86. The lowest BCUT2D eigenvalue weighted by molar-refractivity contribution is 0.249. The van der Waals surface area contributed by atoms with Crippen molar-refractivity contribution >= 4 is 15.9 Å². The molecule has 1 aliphatic carbocycles. The van der Waals surface area contributed by atoms with Crippen LogP contribution in [0.15, 0.2) is 28.7 Å². The molecule has 15 heavy (non-hydrogen) atoms. The standard InChI is InChI=1S/C13H16BrN/c14-12-3-1-10(2-4-12)5-6-15-9-11-7-13(15)8-11/h1-4,11,13H,5-9H2. The van der Waals surface area contributed by atoms with E-state index in [1.807, 2.05) is 0 Å². The van der Waals surface area contributed by atoms with E-state index in [9.17, 15) is 0 Å². The third kappa shape index (κ3) is 1.98. The summed E-state index contributed by atoms with van der Waals surface area (Å²) >= 11 is 3.47. The highest BCUT2D eigenvalue weighted by Gasteiger charge is 2.41. The molecule has 1 saturated carbocycles. The van der Waals surface area contributed by atoms with Crippen molar-refractivity contribution in [2.24, 2.45) is 5.92 Å². The second-order valence-electron chi connectivity index (χ2n) is 4.86. The van der Waals surface area contributed by atoms with Gasteiger partial charge in [0.05, 0.1) is 0 Å². The van der Waals surface area contributed by atoms with E-state index in [4.69, 9.17) is 0 Å². The van der Waals surface area contributed by atoms with Crippen molar-refractivity contribution in [3.8, 4) is 0 Å². The lowest BCUT2D eigenvalue weighted by atomic mass is 9.86. The van der Waals surface area contributed by atoms with Crippen LogP contribution in [-0.4, -0.2) is 24.0 Å². The highest BCUT2D eigenvalue weighted by Crippen LogP contribution is 2.40. The van der Waals surface area contributed by atoms with Crippen LogP contribution in [0.2, 0.25) is 0 Å². The first-order valence-electron chi connectivity index (χ1n) is 5.80. The fourth-order valence-electron chi connectivity index (χ4n) is 2.83. The number of halogens is 1. The van der Waals surface area contributed by atoms with E-state index in [1.165, 1.54) is 42.4 Å². The largest absolute Gasteiger partial charge is 0.300 e. The molecule has 0 unspecified atom stereocenters. The number of hydrogen-bond acceptors (Lipinski definition) is 1. The van der Waals surface area contributed by atoms with Crippen LogP contribution in [0.4, 0.5) is 0 Å². The van der Waals surface area contributed by atoms with Crippen LogP contribution in [0, 0.1) is 5.92 Å². The summed E-state index contributed by atoms with van der Waals surface area (Å²) in [5, 5.41) is 0. The molecule has 2 heterocycles. The third-order valence-corrected chi connectivity index (χ3v) is 4.35. The average molecular weight is 266 g/mol. The summed E-state index contributed by atoms with van der Waals surface area (Å²) in [6.45, 7) is 2.62. The van der Waals surface area contributed by atoms with Crippen LogP contribution < -0.4 is 0 Å². The van der Waals surface area contributed by atoms with Crippen molar-refractivity contribution < 1.29 is 0 Å². The van der Waals surface area contributed by atoms with Gasteiger partial charge in [0.15, 0.2) is 0 Å². The van der Waals surface area contributed by atoms with Crippen molar-refractivity contribution in [2.75, 3.05) is 13.1 Å². The number of benzene rings is 1. The zero-order valence-corrected chi connectivity index (χ0v) is 10.4. The fraction of sp³-hybridized carbons (Fsp3) is 0.538. The molecule has 3 aliphatic rings. The molecule has 3 fully saturated rings. The molecule has 1 aromatic rings. The fourth-order valence-corrected chi connectivity index (χ4v) is 3.09. The topological polar surface area (TPSA) is 3.24 Å². The number of hydrogen-bond donors (Lipinski definition) is 0. The first-order chi connectivity index (χ1) is 7.31. The molecule has 0 aromatic heterocycles. The smallest absolute Gasteiger partial charge is 0.0175 e. The Balaban J connectivity index is 1.55. The average Bonchev–Trinajstić information content (AvgIpc) is 2.74. The molecule has 1 nitrogen and oxygen atoms in total.